The van der Waals surface area contributed by atoms with Crippen LogP contribution in [0.3, 0.4) is 0 Å². The molecule has 0 atom stereocenters. The minimum absolute atomic E-state index is 0.175. The Morgan fingerprint density at radius 3 is 0.850 bits per heavy atom. The molecule has 2 aliphatic rings. The first-order valence-corrected chi connectivity index (χ1v) is 12.9. The molecule has 0 aromatic heterocycles. The van der Waals surface area contributed by atoms with Crippen molar-refractivity contribution in [3.8, 4) is 0 Å². The van der Waals surface area contributed by atoms with Crippen LogP contribution in [0, 0.1) is 0 Å². The number of alkyl halides is 6. The van der Waals surface area contributed by atoms with Crippen LogP contribution in [0.2, 0.25) is 0 Å². The molecule has 20 heteroatoms. The van der Waals surface area contributed by atoms with Gasteiger partial charge in [-0.25, -0.2) is 28.0 Å². The van der Waals surface area contributed by atoms with Crippen molar-refractivity contribution in [1.82, 2.24) is 0 Å². The number of ether oxygens (including phenoxy) is 4. The summed E-state index contributed by atoms with van der Waals surface area (Å²) in [6, 6.07) is 0. The van der Waals surface area contributed by atoms with Crippen LogP contribution in [0.5, 0.6) is 0 Å². The van der Waals surface area contributed by atoms with Gasteiger partial charge in [0.05, 0.1) is 36.9 Å². The molecule has 0 amide bonds. The summed E-state index contributed by atoms with van der Waals surface area (Å²) in [6.07, 6.45) is -12.4. The quantitative estimate of drug-likeness (QED) is 0.197. The Hall–Kier alpha value is -2.58. The summed E-state index contributed by atoms with van der Waals surface area (Å²) >= 11 is -0.700. The monoisotopic (exact) mass is 660 g/mol. The number of methoxy groups -OCH3 is 4. The maximum Gasteiger partial charge on any atom is 0.419 e. The summed E-state index contributed by atoms with van der Waals surface area (Å²) in [7, 11) is 3.20. The van der Waals surface area contributed by atoms with Crippen LogP contribution < -0.4 is 0 Å². The average molecular weight is 661 g/mol. The van der Waals surface area contributed by atoms with E-state index in [2.05, 4.69) is 18.9 Å². The molecule has 0 saturated carbocycles. The molecule has 2 rings (SSSR count). The predicted molar refractivity (Wildman–Crippen MR) is 128 cm³/mol. The summed E-state index contributed by atoms with van der Waals surface area (Å²) in [6.45, 7) is 0. The van der Waals surface area contributed by atoms with Crippen LogP contribution in [0.4, 0.5) is 35.1 Å². The number of rotatable bonds is 6. The standard InChI is InChI=1S/C20H12F8O8S4/c1-33-13(29)9-10(14(30)34-2)38-17(37-9)7(21)5(19(23,24)25)6(20(26,27)28)8(22)18-39-11(15(31)35-3)12(40-18)16(32)36-4/h1-4H3/b6-5+. The molecule has 0 bridgehead atoms. The van der Waals surface area contributed by atoms with E-state index in [4.69, 9.17) is 0 Å². The van der Waals surface area contributed by atoms with Crippen molar-refractivity contribution in [3.63, 3.8) is 0 Å². The molecule has 0 spiro atoms. The third-order valence-electron chi connectivity index (χ3n) is 4.29. The smallest absolute Gasteiger partial charge is 0.419 e. The molecule has 0 radical (unpaired) electrons. The minimum Gasteiger partial charge on any atom is -0.465 e. The highest BCUT2D eigenvalue weighted by Gasteiger charge is 2.52. The van der Waals surface area contributed by atoms with Gasteiger partial charge in [-0.2, -0.15) is 26.3 Å². The Morgan fingerprint density at radius 1 is 0.500 bits per heavy atom. The fraction of sp³-hybridized carbons (Fsp3) is 0.300. The Labute approximate surface area is 235 Å². The Bertz CT molecular complexity index is 1150. The van der Waals surface area contributed by atoms with Gasteiger partial charge >= 0.3 is 36.2 Å². The maximum absolute atomic E-state index is 15.4. The topological polar surface area (TPSA) is 105 Å². The molecule has 2 heterocycles. The Morgan fingerprint density at radius 2 is 0.700 bits per heavy atom. The molecule has 8 nitrogen and oxygen atoms in total. The summed E-state index contributed by atoms with van der Waals surface area (Å²) in [5, 5.41) is 0. The zero-order chi connectivity index (χ0) is 30.7. The Balaban J connectivity index is 2.85. The van der Waals surface area contributed by atoms with E-state index in [1.807, 2.05) is 0 Å². The lowest BCUT2D eigenvalue weighted by Crippen LogP contribution is -2.24. The molecular weight excluding hydrogens is 648 g/mol. The molecule has 40 heavy (non-hydrogen) atoms. The number of esters is 4. The average Bonchev–Trinajstić information content (AvgIpc) is 3.53. The lowest BCUT2D eigenvalue weighted by Gasteiger charge is -2.19. The normalized spacial score (nSPS) is 16.6. The molecule has 0 aromatic carbocycles. The molecular formula is C20H12F8O8S4. The van der Waals surface area contributed by atoms with E-state index < -0.39 is 87.1 Å². The van der Waals surface area contributed by atoms with Crippen LogP contribution >= 0.6 is 47.0 Å². The summed E-state index contributed by atoms with van der Waals surface area (Å²) in [4.78, 5) is 44.6. The highest BCUT2D eigenvalue weighted by molar-refractivity contribution is 8.29. The molecule has 220 valence electrons. The van der Waals surface area contributed by atoms with Crippen LogP contribution in [-0.4, -0.2) is 64.7 Å². The van der Waals surface area contributed by atoms with Crippen LogP contribution in [0.1, 0.15) is 0 Å². The Kier molecular flexibility index (Phi) is 10.9. The third kappa shape index (κ3) is 7.00. The molecule has 0 fully saturated rings. The lowest BCUT2D eigenvalue weighted by atomic mass is 10.1. The zero-order valence-corrected chi connectivity index (χ0v) is 23.2. The lowest BCUT2D eigenvalue weighted by molar-refractivity contribution is -0.138. The van der Waals surface area contributed by atoms with Gasteiger partial charge in [0.1, 0.15) is 30.8 Å². The van der Waals surface area contributed by atoms with E-state index in [-0.39, 0.29) is 47.0 Å². The first-order valence-electron chi connectivity index (χ1n) is 9.66. The summed E-state index contributed by atoms with van der Waals surface area (Å²) < 4.78 is 130. The number of thioether (sulfide) groups is 4. The first kappa shape index (κ1) is 33.6. The molecule has 0 aromatic rings. The number of hydrogen-bond acceptors (Lipinski definition) is 12. The van der Waals surface area contributed by atoms with Crippen molar-refractivity contribution >= 4 is 70.9 Å². The van der Waals surface area contributed by atoms with E-state index in [9.17, 15) is 45.5 Å². The van der Waals surface area contributed by atoms with Gasteiger partial charge in [0, 0.05) is 0 Å². The maximum atomic E-state index is 15.4. The number of carbonyl (C=O) groups excluding carboxylic acids is 4. The van der Waals surface area contributed by atoms with E-state index >= 15 is 8.78 Å². The molecule has 0 unspecified atom stereocenters. The summed E-state index contributed by atoms with van der Waals surface area (Å²) in [5.74, 6) is -10.8. The molecule has 2 aliphatic heterocycles. The van der Waals surface area contributed by atoms with Gasteiger partial charge in [-0.05, 0) is 0 Å². The summed E-state index contributed by atoms with van der Waals surface area (Å²) in [5.41, 5.74) is -6.30. The number of hydrogen-bond donors (Lipinski definition) is 0. The van der Waals surface area contributed by atoms with Gasteiger partial charge < -0.3 is 18.9 Å². The van der Waals surface area contributed by atoms with Gasteiger partial charge in [0.25, 0.3) is 0 Å². The first-order chi connectivity index (χ1) is 18.4. The zero-order valence-electron chi connectivity index (χ0n) is 19.9. The van der Waals surface area contributed by atoms with E-state index in [1.165, 1.54) is 0 Å². The highest BCUT2D eigenvalue weighted by Crippen LogP contribution is 2.58. The second kappa shape index (κ2) is 12.9. The van der Waals surface area contributed by atoms with Gasteiger partial charge in [0.2, 0.25) is 0 Å². The van der Waals surface area contributed by atoms with Gasteiger partial charge in [-0.15, -0.1) is 0 Å². The van der Waals surface area contributed by atoms with Crippen molar-refractivity contribution in [3.05, 3.63) is 50.9 Å². The van der Waals surface area contributed by atoms with Crippen molar-refractivity contribution in [1.29, 1.82) is 0 Å². The fourth-order valence-electron chi connectivity index (χ4n) is 2.64. The number of halogens is 8. The van der Waals surface area contributed by atoms with E-state index in [1.54, 1.807) is 0 Å². The molecule has 0 N–H and O–H groups in total. The van der Waals surface area contributed by atoms with Crippen molar-refractivity contribution in [2.75, 3.05) is 28.4 Å². The largest absolute Gasteiger partial charge is 0.465 e. The number of allylic oxidation sites excluding steroid dienone is 4. The van der Waals surface area contributed by atoms with Crippen molar-refractivity contribution in [2.45, 2.75) is 12.4 Å². The van der Waals surface area contributed by atoms with Crippen molar-refractivity contribution < 1.29 is 73.2 Å². The molecule has 0 saturated heterocycles. The van der Waals surface area contributed by atoms with Crippen LogP contribution in [-0.2, 0) is 38.1 Å². The SMILES string of the molecule is COC(=O)C1=C(C(=O)OC)SC(=C(F)/C(=C(/C(F)=C2SC(C(=O)OC)=C(C(=O)OC)S2)C(F)(F)F)C(F)(F)F)S1. The highest BCUT2D eigenvalue weighted by atomic mass is 32.2. The van der Waals surface area contributed by atoms with Crippen LogP contribution in [0.15, 0.2) is 50.9 Å². The van der Waals surface area contributed by atoms with Gasteiger partial charge in [0.15, 0.2) is 11.7 Å². The second-order valence-corrected chi connectivity index (χ2v) is 11.2. The molecule has 0 aliphatic carbocycles. The van der Waals surface area contributed by atoms with E-state index in [0.29, 0.717) is 0 Å². The van der Waals surface area contributed by atoms with E-state index in [0.717, 1.165) is 28.4 Å². The predicted octanol–water partition coefficient (Wildman–Crippen LogP) is 5.76. The third-order valence-corrected chi connectivity index (χ3v) is 9.31. The van der Waals surface area contributed by atoms with Crippen molar-refractivity contribution in [2.24, 2.45) is 0 Å². The van der Waals surface area contributed by atoms with Gasteiger partial charge in [-0.3, -0.25) is 0 Å². The van der Waals surface area contributed by atoms with Gasteiger partial charge in [-0.1, -0.05) is 47.0 Å². The fourth-order valence-corrected chi connectivity index (χ4v) is 7.35. The number of carbonyl (C=O) groups is 4. The minimum atomic E-state index is -6.21. The second-order valence-electron chi connectivity index (χ2n) is 6.64. The van der Waals surface area contributed by atoms with Crippen LogP contribution in [0.25, 0.3) is 0 Å².